The molecule has 0 fully saturated rings. The van der Waals surface area contributed by atoms with Crippen LogP contribution in [-0.4, -0.2) is 37.1 Å². The summed E-state index contributed by atoms with van der Waals surface area (Å²) in [5, 5.41) is 0. The molecular weight excluding hydrogens is 351 g/mol. The van der Waals surface area contributed by atoms with Crippen LogP contribution in [0.4, 0.5) is 0 Å². The van der Waals surface area contributed by atoms with E-state index in [9.17, 15) is 0 Å². The quantitative estimate of drug-likeness (QED) is 0.268. The van der Waals surface area contributed by atoms with E-state index in [-0.39, 0.29) is 23.9 Å². The maximum absolute atomic E-state index is 5.00. The summed E-state index contributed by atoms with van der Waals surface area (Å²) in [7, 11) is 0. The largest absolute Gasteiger partial charge is 0.381 e. The molecule has 0 aliphatic rings. The number of ether oxygens (including phenoxy) is 1. The molecule has 0 aromatic rings. The summed E-state index contributed by atoms with van der Waals surface area (Å²) in [6.45, 7) is 20.3. The molecule has 4 radical (unpaired) electrons. The van der Waals surface area contributed by atoms with E-state index in [1.165, 1.54) is 38.5 Å². The third kappa shape index (κ3) is 101. The Balaban J connectivity index is -0.0000000512. The summed E-state index contributed by atoms with van der Waals surface area (Å²) in [4.78, 5) is 0. The topological polar surface area (TPSA) is 9.23 Å². The van der Waals surface area contributed by atoms with Crippen LogP contribution < -0.4 is 0 Å². The Hall–Kier alpha value is 0.499. The van der Waals surface area contributed by atoms with Gasteiger partial charge in [0.2, 0.25) is 0 Å². The van der Waals surface area contributed by atoms with Crippen LogP contribution in [0, 0.1) is 0 Å². The van der Waals surface area contributed by atoms with Crippen LogP contribution in [-0.2, 0) is 4.74 Å². The minimum Gasteiger partial charge on any atom is -0.381 e. The van der Waals surface area contributed by atoms with Gasteiger partial charge in [-0.2, -0.15) is 0 Å². The van der Waals surface area contributed by atoms with Crippen molar-refractivity contribution >= 4 is 23.9 Å². The van der Waals surface area contributed by atoms with Gasteiger partial charge in [0.15, 0.2) is 0 Å². The first-order valence-electron chi connectivity index (χ1n) is 8.34. The van der Waals surface area contributed by atoms with Crippen molar-refractivity contribution < 1.29 is 4.74 Å². The van der Waals surface area contributed by atoms with Gasteiger partial charge in [0.1, 0.15) is 0 Å². The summed E-state index contributed by atoms with van der Waals surface area (Å²) < 4.78 is 5.00. The maximum atomic E-state index is 5.00. The molecule has 124 valence electrons. The van der Waals surface area contributed by atoms with Crippen molar-refractivity contribution in [3.8, 4) is 0 Å². The van der Waals surface area contributed by atoms with Gasteiger partial charge in [-0.05, 0) is 13.3 Å². The second-order valence-electron chi connectivity index (χ2n) is 4.27. The predicted molar refractivity (Wildman–Crippen MR) is 98.8 cm³/mol. The Kier molecular flexibility index (Phi) is 81.9. The van der Waals surface area contributed by atoms with E-state index >= 15 is 0 Å². The molecule has 0 aliphatic heterocycles. The van der Waals surface area contributed by atoms with Crippen molar-refractivity contribution in [3.05, 3.63) is 12.7 Å². The van der Waals surface area contributed by atoms with Crippen molar-refractivity contribution in [1.29, 1.82) is 0 Å². The first-order chi connectivity index (χ1) is 9.16. The second-order valence-corrected chi connectivity index (χ2v) is 4.27. The number of unbranched alkanes of at least 4 members (excludes halogenated alkanes) is 3. The smallest absolute Gasteiger partial charge is 0.0500 e. The summed E-state index contributed by atoms with van der Waals surface area (Å²) >= 11 is 0. The molecule has 0 rings (SSSR count). The van der Waals surface area contributed by atoms with Crippen LogP contribution in [0.1, 0.15) is 93.4 Å². The van der Waals surface area contributed by atoms with Gasteiger partial charge in [0.25, 0.3) is 0 Å². The fourth-order valence-electron chi connectivity index (χ4n) is 0.311. The zero-order valence-electron chi connectivity index (χ0n) is 15.6. The van der Waals surface area contributed by atoms with E-state index in [1.54, 1.807) is 0 Å². The molecule has 0 heterocycles. The van der Waals surface area contributed by atoms with E-state index in [2.05, 4.69) is 48.1 Å². The Morgan fingerprint density at radius 2 is 1.00 bits per heavy atom. The normalized spacial score (nSPS) is 7.55. The Bertz CT molecular complexity index is 90.1. The zero-order chi connectivity index (χ0) is 15.8. The number of hydrogen-bond acceptors (Lipinski definition) is 1. The van der Waals surface area contributed by atoms with Crippen LogP contribution in [0.25, 0.3) is 0 Å². The van der Waals surface area contributed by atoms with Crippen molar-refractivity contribution in [2.24, 2.45) is 0 Å². The molecule has 0 bridgehead atoms. The standard InChI is InChI=1S/C6H12O.3C4H10.Sn/c1-3-5-6-7-4-2;3*1-3-4-2;/h3H,1,4-6H2,2H3;3*3-4H2,1-2H3;. The molecule has 0 aliphatic carbocycles. The molecule has 0 unspecified atom stereocenters. The van der Waals surface area contributed by atoms with Gasteiger partial charge in [-0.15, -0.1) is 6.58 Å². The number of hydrogen-bond donors (Lipinski definition) is 0. The molecule has 0 spiro atoms. The summed E-state index contributed by atoms with van der Waals surface area (Å²) in [5.41, 5.74) is 0. The third-order valence-corrected chi connectivity index (χ3v) is 2.17. The van der Waals surface area contributed by atoms with E-state index in [4.69, 9.17) is 4.74 Å². The van der Waals surface area contributed by atoms with Gasteiger partial charge in [0, 0.05) is 37.1 Å². The van der Waals surface area contributed by atoms with Crippen LogP contribution >= 0.6 is 0 Å². The zero-order valence-corrected chi connectivity index (χ0v) is 18.4. The van der Waals surface area contributed by atoms with Gasteiger partial charge in [-0.1, -0.05) is 86.1 Å². The third-order valence-electron chi connectivity index (χ3n) is 2.17. The summed E-state index contributed by atoms with van der Waals surface area (Å²) in [5.74, 6) is 0. The molecule has 0 atom stereocenters. The van der Waals surface area contributed by atoms with Gasteiger partial charge >= 0.3 is 0 Å². The molecule has 0 amide bonds. The van der Waals surface area contributed by atoms with E-state index in [0.717, 1.165) is 19.6 Å². The Morgan fingerprint density at radius 1 is 0.700 bits per heavy atom. The van der Waals surface area contributed by atoms with E-state index in [0.29, 0.717) is 0 Å². The van der Waals surface area contributed by atoms with Crippen molar-refractivity contribution in [3.63, 3.8) is 0 Å². The van der Waals surface area contributed by atoms with Gasteiger partial charge in [-0.25, -0.2) is 0 Å². The molecule has 1 nitrogen and oxygen atoms in total. The van der Waals surface area contributed by atoms with Crippen LogP contribution in [0.15, 0.2) is 12.7 Å². The Morgan fingerprint density at radius 3 is 1.15 bits per heavy atom. The van der Waals surface area contributed by atoms with Gasteiger partial charge in [0.05, 0.1) is 0 Å². The molecule has 0 aromatic carbocycles. The molecule has 0 saturated carbocycles. The van der Waals surface area contributed by atoms with Crippen LogP contribution in [0.3, 0.4) is 0 Å². The fourth-order valence-corrected chi connectivity index (χ4v) is 0.311. The van der Waals surface area contributed by atoms with Gasteiger partial charge in [-0.3, -0.25) is 0 Å². The SMILES string of the molecule is C=CCCOCC.CCCC.CCCC.CCCC.[Sn]. The molecule has 0 saturated heterocycles. The predicted octanol–water partition coefficient (Wildman–Crippen LogP) is 6.64. The van der Waals surface area contributed by atoms with Gasteiger partial charge < -0.3 is 4.74 Å². The molecular formula is C18H42OSn. The summed E-state index contributed by atoms with van der Waals surface area (Å²) in [6.07, 6.45) is 10.7. The van der Waals surface area contributed by atoms with Crippen LogP contribution in [0.5, 0.6) is 0 Å². The molecule has 2 heteroatoms. The van der Waals surface area contributed by atoms with E-state index < -0.39 is 0 Å². The number of rotatable bonds is 7. The van der Waals surface area contributed by atoms with E-state index in [1.807, 2.05) is 13.0 Å². The molecule has 0 aromatic heterocycles. The molecule has 0 N–H and O–H groups in total. The first kappa shape index (κ1) is 32.4. The average Bonchev–Trinajstić information content (AvgIpc) is 2.48. The average molecular weight is 393 g/mol. The minimum absolute atomic E-state index is 0. The minimum atomic E-state index is 0. The summed E-state index contributed by atoms with van der Waals surface area (Å²) in [6, 6.07) is 0. The van der Waals surface area contributed by atoms with Crippen LogP contribution in [0.2, 0.25) is 0 Å². The van der Waals surface area contributed by atoms with Crippen molar-refractivity contribution in [2.45, 2.75) is 93.4 Å². The Labute approximate surface area is 147 Å². The second kappa shape index (κ2) is 50.5. The van der Waals surface area contributed by atoms with Crippen molar-refractivity contribution in [1.82, 2.24) is 0 Å². The van der Waals surface area contributed by atoms with Crippen molar-refractivity contribution in [2.75, 3.05) is 13.2 Å². The fraction of sp³-hybridized carbons (Fsp3) is 0.889. The maximum Gasteiger partial charge on any atom is 0.0500 e. The molecule has 20 heavy (non-hydrogen) atoms. The first-order valence-corrected chi connectivity index (χ1v) is 8.34. The monoisotopic (exact) mass is 394 g/mol.